The number of nitrogens with one attached hydrogen (secondary N) is 2. The van der Waals surface area contributed by atoms with E-state index in [0.29, 0.717) is 24.8 Å². The maximum atomic E-state index is 16.1. The molecule has 14 heteroatoms. The van der Waals surface area contributed by atoms with Crippen LogP contribution >= 0.6 is 11.8 Å². The number of likely N-dealkylation sites (N-methyl/N-ethyl adjacent to an activating group) is 1. The van der Waals surface area contributed by atoms with Crippen LogP contribution in [0.5, 0.6) is 0 Å². The van der Waals surface area contributed by atoms with Crippen LogP contribution in [-0.2, 0) is 6.18 Å². The van der Waals surface area contributed by atoms with Crippen LogP contribution < -0.4 is 15.8 Å². The summed E-state index contributed by atoms with van der Waals surface area (Å²) in [6, 6.07) is 2.94. The lowest BCUT2D eigenvalue weighted by Gasteiger charge is -2.44. The van der Waals surface area contributed by atoms with Crippen molar-refractivity contribution in [3.8, 4) is 0 Å². The Morgan fingerprint density at radius 3 is 2.38 bits per heavy atom. The normalized spacial score (nSPS) is 23.0. The predicted molar refractivity (Wildman–Crippen MR) is 167 cm³/mol. The van der Waals surface area contributed by atoms with Crippen LogP contribution in [0, 0.1) is 5.82 Å². The Bertz CT molecular complexity index is 1510. The number of H-pyrrole nitrogens is 1. The molecule has 1 unspecified atom stereocenters. The molecule has 0 bridgehead atoms. The number of benzene rings is 1. The Balaban J connectivity index is 1.53. The maximum absolute atomic E-state index is 16.1. The third-order valence-corrected chi connectivity index (χ3v) is 10.1. The second kappa shape index (κ2) is 13.1. The number of anilines is 2. The Kier molecular flexibility index (Phi) is 9.54. The van der Waals surface area contributed by atoms with E-state index in [1.54, 1.807) is 23.6 Å². The highest BCUT2D eigenvalue weighted by Crippen LogP contribution is 2.44. The molecule has 1 aliphatic carbocycles. The highest BCUT2D eigenvalue weighted by Gasteiger charge is 2.38. The van der Waals surface area contributed by atoms with Gasteiger partial charge in [-0.25, -0.2) is 9.18 Å². The standard InChI is InChI=1S/C31H38F4N6O3S/c1-18-16-40(17-19(2)38(18)3)26-14-24(32)21(29-41(10-11-45-29)30(44)39(4)20-8-6-5-7-9-20)12-25(26)37-28(43)22-15-36-27(42)13-23(22)31(33,34)35/h10-15,18-20,29H,5-9,16-17H2,1-4H3,(H,36,42)(H,37,43)/t18-,19+,29?. The molecule has 2 aromatic rings. The summed E-state index contributed by atoms with van der Waals surface area (Å²) < 4.78 is 57.5. The number of hydrogen-bond acceptors (Lipinski definition) is 6. The number of nitrogens with zero attached hydrogens (tertiary/aromatic N) is 4. The molecule has 1 saturated heterocycles. The van der Waals surface area contributed by atoms with E-state index in [1.807, 2.05) is 25.8 Å². The van der Waals surface area contributed by atoms with E-state index >= 15 is 4.39 Å². The van der Waals surface area contributed by atoms with Crippen LogP contribution in [0.3, 0.4) is 0 Å². The number of amides is 3. The number of aromatic amines is 1. The van der Waals surface area contributed by atoms with Gasteiger partial charge < -0.3 is 20.1 Å². The van der Waals surface area contributed by atoms with Gasteiger partial charge in [0.15, 0.2) is 0 Å². The molecule has 3 amide bonds. The summed E-state index contributed by atoms with van der Waals surface area (Å²) in [4.78, 5) is 48.1. The van der Waals surface area contributed by atoms with E-state index in [1.165, 1.54) is 28.8 Å². The second-order valence-corrected chi connectivity index (χ2v) is 13.1. The highest BCUT2D eigenvalue weighted by molar-refractivity contribution is 8.02. The lowest BCUT2D eigenvalue weighted by atomic mass is 9.95. The number of urea groups is 1. The minimum absolute atomic E-state index is 0.0640. The molecule has 0 spiro atoms. The number of thioether (sulfide) groups is 1. The molecular weight excluding hydrogens is 612 g/mol. The summed E-state index contributed by atoms with van der Waals surface area (Å²) in [6.07, 6.45) is 2.34. The van der Waals surface area contributed by atoms with Crippen molar-refractivity contribution in [2.45, 2.75) is 75.6 Å². The van der Waals surface area contributed by atoms with Gasteiger partial charge in [0.2, 0.25) is 5.56 Å². The van der Waals surface area contributed by atoms with Crippen molar-refractivity contribution in [3.05, 3.63) is 68.9 Å². The van der Waals surface area contributed by atoms with Crippen molar-refractivity contribution in [3.63, 3.8) is 0 Å². The molecule has 45 heavy (non-hydrogen) atoms. The number of carbonyl (C=O) groups is 2. The van der Waals surface area contributed by atoms with Gasteiger partial charge in [0.25, 0.3) is 5.91 Å². The first-order chi connectivity index (χ1) is 21.3. The van der Waals surface area contributed by atoms with Gasteiger partial charge in [-0.3, -0.25) is 19.4 Å². The number of halogens is 4. The minimum Gasteiger partial charge on any atom is -0.367 e. The Labute approximate surface area is 263 Å². The predicted octanol–water partition coefficient (Wildman–Crippen LogP) is 6.22. The van der Waals surface area contributed by atoms with Crippen LogP contribution in [0.2, 0.25) is 0 Å². The first-order valence-electron chi connectivity index (χ1n) is 15.0. The fourth-order valence-electron chi connectivity index (χ4n) is 6.33. The van der Waals surface area contributed by atoms with Crippen molar-refractivity contribution in [2.24, 2.45) is 0 Å². The van der Waals surface area contributed by atoms with E-state index in [9.17, 15) is 27.6 Å². The molecule has 2 aliphatic heterocycles. The fourth-order valence-corrected chi connectivity index (χ4v) is 7.30. The molecule has 3 atom stereocenters. The van der Waals surface area contributed by atoms with Crippen molar-refractivity contribution in [2.75, 3.05) is 37.4 Å². The average molecular weight is 651 g/mol. The topological polar surface area (TPSA) is 92.0 Å². The molecule has 1 aromatic carbocycles. The van der Waals surface area contributed by atoms with Gasteiger partial charge in [0.1, 0.15) is 11.2 Å². The number of aromatic nitrogens is 1. The largest absolute Gasteiger partial charge is 0.417 e. The van der Waals surface area contributed by atoms with Gasteiger partial charge in [-0.1, -0.05) is 19.3 Å². The molecule has 2 N–H and O–H groups in total. The third kappa shape index (κ3) is 6.86. The van der Waals surface area contributed by atoms with Crippen LogP contribution in [-0.4, -0.2) is 76.9 Å². The zero-order chi connectivity index (χ0) is 32.6. The summed E-state index contributed by atoms with van der Waals surface area (Å²) in [5.41, 5.74) is -2.66. The zero-order valence-corrected chi connectivity index (χ0v) is 26.5. The summed E-state index contributed by atoms with van der Waals surface area (Å²) in [6.45, 7) is 4.97. The number of pyridine rings is 1. The fraction of sp³-hybridized carbons (Fsp3) is 0.516. The van der Waals surface area contributed by atoms with E-state index in [0.717, 1.165) is 38.3 Å². The van der Waals surface area contributed by atoms with Crippen LogP contribution in [0.1, 0.15) is 72.8 Å². The third-order valence-electron chi connectivity index (χ3n) is 9.13. The molecule has 1 aromatic heterocycles. The summed E-state index contributed by atoms with van der Waals surface area (Å²) >= 11 is 1.22. The average Bonchev–Trinajstić information content (AvgIpc) is 3.49. The van der Waals surface area contributed by atoms with Crippen molar-refractivity contribution < 1.29 is 27.2 Å². The molecule has 244 valence electrons. The summed E-state index contributed by atoms with van der Waals surface area (Å²) in [5, 5.41) is 3.48. The number of alkyl halides is 3. The summed E-state index contributed by atoms with van der Waals surface area (Å²) in [5.74, 6) is -1.73. The minimum atomic E-state index is -4.96. The van der Waals surface area contributed by atoms with Crippen molar-refractivity contribution in [1.82, 2.24) is 19.7 Å². The monoisotopic (exact) mass is 650 g/mol. The molecule has 2 fully saturated rings. The van der Waals surface area contributed by atoms with E-state index in [2.05, 4.69) is 15.2 Å². The molecular formula is C31H38F4N6O3S. The van der Waals surface area contributed by atoms with Crippen LogP contribution in [0.15, 0.2) is 40.8 Å². The number of hydrogen-bond donors (Lipinski definition) is 2. The van der Waals surface area contributed by atoms with Gasteiger partial charge >= 0.3 is 12.2 Å². The highest BCUT2D eigenvalue weighted by atomic mass is 32.2. The second-order valence-electron chi connectivity index (χ2n) is 12.1. The van der Waals surface area contributed by atoms with Crippen LogP contribution in [0.4, 0.5) is 33.7 Å². The van der Waals surface area contributed by atoms with E-state index < -0.39 is 40.0 Å². The smallest absolute Gasteiger partial charge is 0.367 e. The number of carbonyl (C=O) groups excluding carboxylic acids is 2. The van der Waals surface area contributed by atoms with Gasteiger partial charge in [0, 0.05) is 62.3 Å². The van der Waals surface area contributed by atoms with E-state index in [4.69, 9.17) is 0 Å². The number of piperazine rings is 1. The molecule has 9 nitrogen and oxygen atoms in total. The zero-order valence-electron chi connectivity index (χ0n) is 25.7. The lowest BCUT2D eigenvalue weighted by Crippen LogP contribution is -2.55. The SMILES string of the molecule is C[C@@H]1CN(c2cc(F)c(C3SC=CN3C(=O)N(C)C3CCCCC3)cc2NC(=O)c2c[nH]c(=O)cc2C(F)(F)F)C[C@H](C)N1C. The molecule has 5 rings (SSSR count). The first kappa shape index (κ1) is 32.9. The van der Waals surface area contributed by atoms with Crippen molar-refractivity contribution >= 4 is 35.1 Å². The molecule has 0 radical (unpaired) electrons. The Morgan fingerprint density at radius 1 is 1.07 bits per heavy atom. The Hall–Kier alpha value is -3.52. The molecule has 3 aliphatic rings. The van der Waals surface area contributed by atoms with Gasteiger partial charge in [-0.15, -0.1) is 11.8 Å². The lowest BCUT2D eigenvalue weighted by molar-refractivity contribution is -0.138. The van der Waals surface area contributed by atoms with E-state index in [-0.39, 0.29) is 35.4 Å². The van der Waals surface area contributed by atoms with Gasteiger partial charge in [-0.05, 0) is 51.3 Å². The molecule has 3 heterocycles. The quantitative estimate of drug-likeness (QED) is 0.374. The van der Waals surface area contributed by atoms with Gasteiger partial charge in [0.05, 0.1) is 22.5 Å². The van der Waals surface area contributed by atoms with Gasteiger partial charge in [-0.2, -0.15) is 13.2 Å². The summed E-state index contributed by atoms with van der Waals surface area (Å²) in [7, 11) is 3.73. The molecule has 1 saturated carbocycles. The number of rotatable bonds is 5. The van der Waals surface area contributed by atoms with Crippen molar-refractivity contribution in [1.29, 1.82) is 0 Å². The maximum Gasteiger partial charge on any atom is 0.417 e. The first-order valence-corrected chi connectivity index (χ1v) is 16.0. The Morgan fingerprint density at radius 2 is 1.73 bits per heavy atom. The van der Waals surface area contributed by atoms with Crippen LogP contribution in [0.25, 0.3) is 0 Å².